The SMILES string of the molecule is O=C(O)c1cccc(Nc2cc(Cl)c(F)cc2[N+](=O)[O-])c1. The first-order valence-electron chi connectivity index (χ1n) is 5.62. The number of nitro benzene ring substituents is 1. The third-order valence-corrected chi connectivity index (χ3v) is 2.91. The number of aromatic carboxylic acids is 1. The van der Waals surface area contributed by atoms with E-state index in [1.165, 1.54) is 24.3 Å². The molecule has 0 bridgehead atoms. The number of hydrogen-bond acceptors (Lipinski definition) is 4. The van der Waals surface area contributed by atoms with Gasteiger partial charge in [0, 0.05) is 5.69 Å². The highest BCUT2D eigenvalue weighted by atomic mass is 35.5. The Morgan fingerprint density at radius 1 is 1.33 bits per heavy atom. The molecule has 0 unspecified atom stereocenters. The lowest BCUT2D eigenvalue weighted by atomic mass is 10.2. The molecule has 0 spiro atoms. The molecule has 0 aliphatic rings. The van der Waals surface area contributed by atoms with Gasteiger partial charge in [0.05, 0.1) is 21.6 Å². The Bertz CT molecular complexity index is 736. The van der Waals surface area contributed by atoms with Crippen LogP contribution in [-0.4, -0.2) is 16.0 Å². The van der Waals surface area contributed by atoms with E-state index in [1.54, 1.807) is 0 Å². The molecule has 21 heavy (non-hydrogen) atoms. The van der Waals surface area contributed by atoms with Gasteiger partial charge in [-0.1, -0.05) is 17.7 Å². The van der Waals surface area contributed by atoms with Crippen molar-refractivity contribution in [2.75, 3.05) is 5.32 Å². The van der Waals surface area contributed by atoms with Gasteiger partial charge in [-0.2, -0.15) is 0 Å². The lowest BCUT2D eigenvalue weighted by Crippen LogP contribution is -2.00. The quantitative estimate of drug-likeness (QED) is 0.661. The highest BCUT2D eigenvalue weighted by Gasteiger charge is 2.18. The van der Waals surface area contributed by atoms with Crippen molar-refractivity contribution >= 4 is 34.6 Å². The second-order valence-electron chi connectivity index (χ2n) is 4.05. The third-order valence-electron chi connectivity index (χ3n) is 2.62. The Morgan fingerprint density at radius 3 is 2.67 bits per heavy atom. The molecule has 0 amide bonds. The zero-order valence-electron chi connectivity index (χ0n) is 10.3. The van der Waals surface area contributed by atoms with Crippen LogP contribution in [0.2, 0.25) is 5.02 Å². The standard InChI is InChI=1S/C13H8ClFN2O4/c14-9-5-11(12(17(20)21)6-10(9)15)16-8-3-1-2-7(4-8)13(18)19/h1-6,16H,(H,18,19). The van der Waals surface area contributed by atoms with Crippen LogP contribution in [0.25, 0.3) is 0 Å². The van der Waals surface area contributed by atoms with Gasteiger partial charge in [-0.25, -0.2) is 9.18 Å². The average Bonchev–Trinajstić information content (AvgIpc) is 2.42. The predicted octanol–water partition coefficient (Wildman–Crippen LogP) is 3.83. The molecular weight excluding hydrogens is 303 g/mol. The van der Waals surface area contributed by atoms with Gasteiger partial charge in [0.25, 0.3) is 5.69 Å². The largest absolute Gasteiger partial charge is 0.478 e. The molecule has 6 nitrogen and oxygen atoms in total. The number of nitro groups is 1. The topological polar surface area (TPSA) is 92.5 Å². The van der Waals surface area contributed by atoms with E-state index >= 15 is 0 Å². The molecule has 0 aliphatic heterocycles. The smallest absolute Gasteiger partial charge is 0.335 e. The molecule has 2 aromatic carbocycles. The normalized spacial score (nSPS) is 10.2. The predicted molar refractivity (Wildman–Crippen MR) is 74.7 cm³/mol. The van der Waals surface area contributed by atoms with Gasteiger partial charge in [-0.3, -0.25) is 10.1 Å². The van der Waals surface area contributed by atoms with E-state index in [1.807, 2.05) is 0 Å². The summed E-state index contributed by atoms with van der Waals surface area (Å²) < 4.78 is 13.3. The van der Waals surface area contributed by atoms with Crippen LogP contribution in [0.3, 0.4) is 0 Å². The first-order valence-corrected chi connectivity index (χ1v) is 6.00. The van der Waals surface area contributed by atoms with Gasteiger partial charge < -0.3 is 10.4 Å². The second kappa shape index (κ2) is 5.76. The fourth-order valence-corrected chi connectivity index (χ4v) is 1.84. The van der Waals surface area contributed by atoms with E-state index in [0.717, 1.165) is 6.07 Å². The Morgan fingerprint density at radius 2 is 2.05 bits per heavy atom. The van der Waals surface area contributed by atoms with Gasteiger partial charge in [-0.15, -0.1) is 0 Å². The number of halogens is 2. The molecule has 2 aromatic rings. The zero-order valence-corrected chi connectivity index (χ0v) is 11.1. The number of carboxylic acids is 1. The maximum atomic E-state index is 13.3. The van der Waals surface area contributed by atoms with Crippen molar-refractivity contribution in [1.29, 1.82) is 0 Å². The highest BCUT2D eigenvalue weighted by Crippen LogP contribution is 2.32. The number of carboxylic acid groups (broad SMARTS) is 1. The zero-order chi connectivity index (χ0) is 15.6. The molecule has 0 fully saturated rings. The van der Waals surface area contributed by atoms with Crippen molar-refractivity contribution in [1.82, 2.24) is 0 Å². The van der Waals surface area contributed by atoms with E-state index < -0.39 is 22.4 Å². The number of carbonyl (C=O) groups is 1. The molecule has 0 heterocycles. The first kappa shape index (κ1) is 14.7. The monoisotopic (exact) mass is 310 g/mol. The Balaban J connectivity index is 2.43. The number of nitrogens with zero attached hydrogens (tertiary/aromatic N) is 1. The van der Waals surface area contributed by atoms with Crippen molar-refractivity contribution in [3.05, 3.63) is 62.9 Å². The second-order valence-corrected chi connectivity index (χ2v) is 4.46. The van der Waals surface area contributed by atoms with E-state index in [-0.39, 0.29) is 16.3 Å². The Labute approximate surface area is 122 Å². The maximum absolute atomic E-state index is 13.3. The van der Waals surface area contributed by atoms with E-state index in [0.29, 0.717) is 11.8 Å². The summed E-state index contributed by atoms with van der Waals surface area (Å²) in [7, 11) is 0. The molecule has 2 rings (SSSR count). The molecule has 0 saturated carbocycles. The maximum Gasteiger partial charge on any atom is 0.335 e. The van der Waals surface area contributed by atoms with Gasteiger partial charge >= 0.3 is 5.97 Å². The summed E-state index contributed by atoms with van der Waals surface area (Å²) in [5.74, 6) is -2.04. The summed E-state index contributed by atoms with van der Waals surface area (Å²) in [6, 6.07) is 7.44. The molecule has 0 radical (unpaired) electrons. The Kier molecular flexibility index (Phi) is 4.04. The molecule has 0 atom stereocenters. The van der Waals surface area contributed by atoms with Crippen LogP contribution < -0.4 is 5.32 Å². The van der Waals surface area contributed by atoms with E-state index in [9.17, 15) is 19.3 Å². The average molecular weight is 311 g/mol. The van der Waals surface area contributed by atoms with Crippen LogP contribution in [0, 0.1) is 15.9 Å². The van der Waals surface area contributed by atoms with Crippen LogP contribution in [0.5, 0.6) is 0 Å². The van der Waals surface area contributed by atoms with Crippen molar-refractivity contribution in [2.45, 2.75) is 0 Å². The highest BCUT2D eigenvalue weighted by molar-refractivity contribution is 6.31. The molecule has 0 saturated heterocycles. The summed E-state index contributed by atoms with van der Waals surface area (Å²) in [6.07, 6.45) is 0. The van der Waals surface area contributed by atoms with Crippen molar-refractivity contribution in [2.24, 2.45) is 0 Å². The van der Waals surface area contributed by atoms with Gasteiger partial charge in [-0.05, 0) is 24.3 Å². The first-order chi connectivity index (χ1) is 9.88. The third kappa shape index (κ3) is 3.26. The van der Waals surface area contributed by atoms with E-state index in [4.69, 9.17) is 16.7 Å². The summed E-state index contributed by atoms with van der Waals surface area (Å²) in [4.78, 5) is 21.0. The molecule has 0 aromatic heterocycles. The van der Waals surface area contributed by atoms with Gasteiger partial charge in [0.1, 0.15) is 11.5 Å². The lowest BCUT2D eigenvalue weighted by Gasteiger charge is -2.08. The fourth-order valence-electron chi connectivity index (χ4n) is 1.67. The van der Waals surface area contributed by atoms with Crippen LogP contribution in [0.15, 0.2) is 36.4 Å². The number of nitrogens with one attached hydrogen (secondary N) is 1. The summed E-state index contributed by atoms with van der Waals surface area (Å²) in [5, 5.41) is 22.2. The van der Waals surface area contributed by atoms with Crippen LogP contribution >= 0.6 is 11.6 Å². The minimum atomic E-state index is -1.13. The molecule has 108 valence electrons. The van der Waals surface area contributed by atoms with Crippen molar-refractivity contribution in [3.8, 4) is 0 Å². The number of rotatable bonds is 4. The van der Waals surface area contributed by atoms with E-state index in [2.05, 4.69) is 5.32 Å². The molecule has 2 N–H and O–H groups in total. The van der Waals surface area contributed by atoms with Crippen LogP contribution in [0.1, 0.15) is 10.4 Å². The van der Waals surface area contributed by atoms with Gasteiger partial charge in [0.15, 0.2) is 0 Å². The fraction of sp³-hybridized carbons (Fsp3) is 0. The number of hydrogen-bond donors (Lipinski definition) is 2. The molecular formula is C13H8ClFN2O4. The van der Waals surface area contributed by atoms with Crippen LogP contribution in [0.4, 0.5) is 21.5 Å². The summed E-state index contributed by atoms with van der Waals surface area (Å²) >= 11 is 5.61. The van der Waals surface area contributed by atoms with Crippen LogP contribution in [-0.2, 0) is 0 Å². The Hall–Kier alpha value is -2.67. The van der Waals surface area contributed by atoms with Gasteiger partial charge in [0.2, 0.25) is 0 Å². The summed E-state index contributed by atoms with van der Waals surface area (Å²) in [5.41, 5.74) is -0.219. The van der Waals surface area contributed by atoms with Crippen molar-refractivity contribution in [3.63, 3.8) is 0 Å². The minimum absolute atomic E-state index is 0.0101. The lowest BCUT2D eigenvalue weighted by molar-refractivity contribution is -0.384. The molecule has 8 heteroatoms. The van der Waals surface area contributed by atoms with Crippen molar-refractivity contribution < 1.29 is 19.2 Å². The number of benzene rings is 2. The minimum Gasteiger partial charge on any atom is -0.478 e. The number of anilines is 2. The molecule has 0 aliphatic carbocycles. The summed E-state index contributed by atoms with van der Waals surface area (Å²) in [6.45, 7) is 0.